The second kappa shape index (κ2) is 15.4. The topological polar surface area (TPSA) is 30.7 Å². The third-order valence-corrected chi connectivity index (χ3v) is 9.93. The molecule has 0 N–H and O–H groups in total. The molecule has 3 nitrogen and oxygen atoms in total. The third-order valence-electron chi connectivity index (χ3n) is 9.05. The van der Waals surface area contributed by atoms with Gasteiger partial charge in [0.25, 0.3) is 0 Å². The van der Waals surface area contributed by atoms with Gasteiger partial charge in [0.15, 0.2) is 0 Å². The fraction of sp³-hybridized carbons (Fsp3) is 0.0638. The van der Waals surface area contributed by atoms with Crippen LogP contribution in [-0.4, -0.2) is 14.5 Å². The summed E-state index contributed by atoms with van der Waals surface area (Å²) in [5.41, 5.74) is 13.6. The fourth-order valence-corrected chi connectivity index (χ4v) is 7.38. The van der Waals surface area contributed by atoms with Gasteiger partial charge in [-0.25, -0.2) is 0 Å². The Labute approximate surface area is 326 Å². The van der Waals surface area contributed by atoms with Crippen molar-refractivity contribution in [3.63, 3.8) is 0 Å². The smallest absolute Gasteiger partial charge is 0.0774 e. The quantitative estimate of drug-likeness (QED) is 0.161. The molecule has 0 aliphatic rings. The summed E-state index contributed by atoms with van der Waals surface area (Å²) in [4.78, 5) is 9.26. The molecular formula is C47H35IrN3S-2. The number of nitrogens with zero attached hydrogens (tertiary/aromatic N) is 3. The Morgan fingerprint density at radius 1 is 0.692 bits per heavy atom. The normalized spacial score (nSPS) is 11.9. The van der Waals surface area contributed by atoms with Crippen molar-refractivity contribution in [1.82, 2.24) is 14.5 Å². The van der Waals surface area contributed by atoms with Gasteiger partial charge in [0.05, 0.1) is 16.9 Å². The predicted molar refractivity (Wildman–Crippen MR) is 214 cm³/mol. The van der Waals surface area contributed by atoms with E-state index in [1.807, 2.05) is 18.2 Å². The monoisotopic (exact) mass is 869 g/mol. The van der Waals surface area contributed by atoms with E-state index in [9.17, 15) is 0 Å². The van der Waals surface area contributed by atoms with Crippen LogP contribution in [0.3, 0.4) is 0 Å². The standard InChI is InChI=1S/C35H25N2S.C12H10N.Ir/c1-23-9-8-10-24(2)34(23)27-17-20-33-29(21-27)30(22-38-33)35-36-31-13-6-7-14-32(31)37(35)28-18-15-26(16-19-28)25-11-4-3-5-12-25;1-10-7-8-12(13-9-10)11-5-3-2-4-6-11;/h3-21H,1-2H3;2-5,7-9H,1H3;/q2*-1;/i;1D3;. The SMILES string of the molecule is Cc1cccc(C)c1-c1ccc2s[c-]c(-c3nc4ccccc4n3-c3ccc(-c4ccccc4)cc3)c2c1.[2H]C([2H])([2H])c1ccc(-c2[c-]cccc2)nc1.[Ir]. The molecule has 9 rings (SSSR count). The largest absolute Gasteiger partial charge is 0.333 e. The fourth-order valence-electron chi connectivity index (χ4n) is 6.56. The van der Waals surface area contributed by atoms with Gasteiger partial charge in [0.2, 0.25) is 0 Å². The van der Waals surface area contributed by atoms with Crippen molar-refractivity contribution in [1.29, 1.82) is 0 Å². The van der Waals surface area contributed by atoms with Gasteiger partial charge in [-0.1, -0.05) is 119 Å². The van der Waals surface area contributed by atoms with Crippen LogP contribution in [0.15, 0.2) is 158 Å². The number of benzene rings is 6. The van der Waals surface area contributed by atoms with Crippen molar-refractivity contribution in [3.05, 3.63) is 186 Å². The summed E-state index contributed by atoms with van der Waals surface area (Å²) in [6.45, 7) is 2.28. The molecule has 255 valence electrons. The summed E-state index contributed by atoms with van der Waals surface area (Å²) < 4.78 is 25.2. The van der Waals surface area contributed by atoms with Crippen molar-refractivity contribution in [2.45, 2.75) is 20.7 Å². The average molecular weight is 869 g/mol. The van der Waals surface area contributed by atoms with Crippen LogP contribution in [0.25, 0.3) is 71.7 Å². The van der Waals surface area contributed by atoms with E-state index in [1.165, 1.54) is 49.7 Å². The van der Waals surface area contributed by atoms with E-state index >= 15 is 0 Å². The van der Waals surface area contributed by atoms with Gasteiger partial charge in [0.1, 0.15) is 0 Å². The van der Waals surface area contributed by atoms with Gasteiger partial charge < -0.3 is 9.55 Å². The summed E-state index contributed by atoms with van der Waals surface area (Å²) in [6.07, 6.45) is 1.39. The van der Waals surface area contributed by atoms with Crippen LogP contribution in [0.4, 0.5) is 0 Å². The molecule has 3 aromatic heterocycles. The Balaban J connectivity index is 0.000000231. The second-order valence-corrected chi connectivity index (χ2v) is 13.3. The molecule has 0 spiro atoms. The number of aryl methyl sites for hydroxylation is 3. The minimum absolute atomic E-state index is 0. The number of hydrogen-bond acceptors (Lipinski definition) is 3. The molecule has 9 aromatic rings. The van der Waals surface area contributed by atoms with Gasteiger partial charge in [-0.15, -0.1) is 41.3 Å². The molecule has 6 aromatic carbocycles. The minimum atomic E-state index is -2.09. The number of thiophene rings is 1. The van der Waals surface area contributed by atoms with E-state index in [0.717, 1.165) is 39.4 Å². The first-order chi connectivity index (χ1) is 26.2. The maximum atomic E-state index is 7.23. The number of aromatic nitrogens is 3. The Morgan fingerprint density at radius 2 is 1.42 bits per heavy atom. The van der Waals surface area contributed by atoms with Gasteiger partial charge in [-0.2, -0.15) is 0 Å². The molecule has 3 heterocycles. The van der Waals surface area contributed by atoms with Crippen LogP contribution in [0.5, 0.6) is 0 Å². The number of pyridine rings is 1. The first kappa shape index (κ1) is 31.3. The zero-order valence-corrected chi connectivity index (χ0v) is 31.8. The van der Waals surface area contributed by atoms with Gasteiger partial charge in [0, 0.05) is 36.1 Å². The first-order valence-electron chi connectivity index (χ1n) is 18.3. The van der Waals surface area contributed by atoms with E-state index in [4.69, 9.17) is 9.10 Å². The van der Waals surface area contributed by atoms with Crippen molar-refractivity contribution < 1.29 is 24.2 Å². The molecule has 0 unspecified atom stereocenters. The van der Waals surface area contributed by atoms with Crippen molar-refractivity contribution >= 4 is 32.5 Å². The summed E-state index contributed by atoms with van der Waals surface area (Å²) in [6, 6.07) is 54.7. The van der Waals surface area contributed by atoms with Gasteiger partial charge in [-0.3, -0.25) is 16.3 Å². The maximum Gasteiger partial charge on any atom is 0.0774 e. The van der Waals surface area contributed by atoms with E-state index in [0.29, 0.717) is 0 Å². The minimum Gasteiger partial charge on any atom is -0.333 e. The molecule has 0 atom stereocenters. The molecule has 0 saturated carbocycles. The molecule has 5 heteroatoms. The van der Waals surface area contributed by atoms with E-state index < -0.39 is 6.85 Å². The Hall–Kier alpha value is -5.45. The molecule has 52 heavy (non-hydrogen) atoms. The molecule has 0 amide bonds. The first-order valence-corrected chi connectivity index (χ1v) is 17.6. The average Bonchev–Trinajstić information content (AvgIpc) is 3.80. The van der Waals surface area contributed by atoms with Crippen LogP contribution < -0.4 is 0 Å². The Morgan fingerprint density at radius 3 is 2.15 bits per heavy atom. The summed E-state index contributed by atoms with van der Waals surface area (Å²) >= 11 is 1.66. The second-order valence-electron chi connectivity index (χ2n) is 12.4. The summed E-state index contributed by atoms with van der Waals surface area (Å²) in [7, 11) is 0. The number of imidazole rings is 1. The summed E-state index contributed by atoms with van der Waals surface area (Å²) in [5.74, 6) is 0.920. The van der Waals surface area contributed by atoms with Gasteiger partial charge in [-0.05, 0) is 89.6 Å². The van der Waals surface area contributed by atoms with Crippen LogP contribution in [0.2, 0.25) is 0 Å². The molecule has 1 radical (unpaired) electrons. The number of hydrogen-bond donors (Lipinski definition) is 0. The number of rotatable bonds is 5. The molecule has 0 bridgehead atoms. The van der Waals surface area contributed by atoms with Crippen molar-refractivity contribution in [2.24, 2.45) is 0 Å². The van der Waals surface area contributed by atoms with Crippen LogP contribution >= 0.6 is 11.3 Å². The van der Waals surface area contributed by atoms with Crippen LogP contribution in [0.1, 0.15) is 20.8 Å². The number of fused-ring (bicyclic) bond motifs is 2. The zero-order valence-electron chi connectivity index (χ0n) is 31.6. The van der Waals surface area contributed by atoms with E-state index in [2.05, 4.69) is 150 Å². The molecular weight excluding hydrogens is 831 g/mol. The van der Waals surface area contributed by atoms with Crippen LogP contribution in [0, 0.1) is 32.1 Å². The zero-order chi connectivity index (χ0) is 37.2. The van der Waals surface area contributed by atoms with Gasteiger partial charge >= 0.3 is 0 Å². The third kappa shape index (κ3) is 7.04. The predicted octanol–water partition coefficient (Wildman–Crippen LogP) is 12.5. The van der Waals surface area contributed by atoms with Crippen molar-refractivity contribution in [3.8, 4) is 50.6 Å². The Kier molecular flexibility index (Phi) is 9.29. The molecule has 0 aliphatic carbocycles. The van der Waals surface area contributed by atoms with Crippen LogP contribution in [-0.2, 0) is 20.1 Å². The van der Waals surface area contributed by atoms with E-state index in [-0.39, 0.29) is 25.7 Å². The molecule has 0 aliphatic heterocycles. The van der Waals surface area contributed by atoms with E-state index in [1.54, 1.807) is 29.5 Å². The molecule has 0 saturated heterocycles. The maximum absolute atomic E-state index is 7.23. The van der Waals surface area contributed by atoms with Crippen molar-refractivity contribution in [2.75, 3.05) is 0 Å². The molecule has 0 fully saturated rings. The summed E-state index contributed by atoms with van der Waals surface area (Å²) in [5, 5.41) is 4.79. The Bertz CT molecular complexity index is 2680. The number of para-hydroxylation sites is 2.